The molecule has 0 atom stereocenters. The van der Waals surface area contributed by atoms with Crippen LogP contribution in [0.1, 0.15) is 0 Å². The van der Waals surface area contributed by atoms with Crippen molar-refractivity contribution in [3.8, 4) is 11.5 Å². The van der Waals surface area contributed by atoms with Crippen LogP contribution in [0, 0.1) is 0 Å². The van der Waals surface area contributed by atoms with E-state index in [0.717, 1.165) is 25.8 Å². The van der Waals surface area contributed by atoms with Gasteiger partial charge in [-0.2, -0.15) is 0 Å². The average molecular weight is 314 g/mol. The Kier molecular flexibility index (Phi) is 2.62. The van der Waals surface area contributed by atoms with Crippen LogP contribution in [-0.4, -0.2) is 0 Å². The minimum absolute atomic E-state index is 0.712. The lowest BCUT2D eigenvalue weighted by Gasteiger charge is -2.20. The van der Waals surface area contributed by atoms with E-state index >= 15 is 0 Å². The molecule has 1 aliphatic heterocycles. The Morgan fingerprint density at radius 1 is 1.12 bits per heavy atom. The third kappa shape index (κ3) is 1.73. The van der Waals surface area contributed by atoms with Gasteiger partial charge in [0.15, 0.2) is 0 Å². The monoisotopic (exact) mass is 312 g/mol. The first-order valence-electron chi connectivity index (χ1n) is 4.68. The predicted octanol–water partition coefficient (Wildman–Crippen LogP) is 5.36. The molecule has 0 unspecified atom stereocenters. The van der Waals surface area contributed by atoms with Crippen LogP contribution < -0.4 is 4.74 Å². The molecule has 1 heterocycles. The fourth-order valence-electron chi connectivity index (χ4n) is 1.56. The van der Waals surface area contributed by atoms with Crippen molar-refractivity contribution in [2.24, 2.45) is 0 Å². The third-order valence-corrected chi connectivity index (χ3v) is 4.31. The number of rotatable bonds is 0. The average Bonchev–Trinajstić information content (AvgIpc) is 2.27. The van der Waals surface area contributed by atoms with Crippen LogP contribution in [-0.2, 0) is 0 Å². The van der Waals surface area contributed by atoms with Gasteiger partial charge in [0.25, 0.3) is 0 Å². The molecule has 0 N–H and O–H groups in total. The molecule has 0 radical (unpaired) electrons. The highest BCUT2D eigenvalue weighted by atomic mass is 79.9. The maximum Gasteiger partial charge on any atom is 0.144 e. The molecule has 0 amide bonds. The van der Waals surface area contributed by atoms with Crippen molar-refractivity contribution in [1.82, 2.24) is 0 Å². The number of fused-ring (bicyclic) bond motifs is 2. The Morgan fingerprint density at radius 2 is 1.94 bits per heavy atom. The summed E-state index contributed by atoms with van der Waals surface area (Å²) in [7, 11) is 0. The molecule has 2 aromatic carbocycles. The lowest BCUT2D eigenvalue weighted by Crippen LogP contribution is -1.95. The molecule has 2 aromatic rings. The summed E-state index contributed by atoms with van der Waals surface area (Å²) in [5, 5.41) is 0.712. The number of ether oxygens (including phenoxy) is 1. The van der Waals surface area contributed by atoms with E-state index in [1.54, 1.807) is 11.8 Å². The van der Waals surface area contributed by atoms with Crippen molar-refractivity contribution < 1.29 is 4.74 Å². The van der Waals surface area contributed by atoms with Crippen LogP contribution in [0.4, 0.5) is 0 Å². The molecule has 0 spiro atoms. The van der Waals surface area contributed by atoms with Gasteiger partial charge in [-0.25, -0.2) is 0 Å². The minimum Gasteiger partial charge on any atom is -0.455 e. The van der Waals surface area contributed by atoms with Crippen molar-refractivity contribution in [2.45, 2.75) is 9.79 Å². The summed E-state index contributed by atoms with van der Waals surface area (Å²) >= 11 is 11.2. The highest BCUT2D eigenvalue weighted by molar-refractivity contribution is 9.10. The van der Waals surface area contributed by atoms with Gasteiger partial charge in [0.05, 0.1) is 14.8 Å². The van der Waals surface area contributed by atoms with Crippen molar-refractivity contribution in [3.63, 3.8) is 0 Å². The van der Waals surface area contributed by atoms with E-state index in [1.807, 2.05) is 36.4 Å². The SMILES string of the molecule is Clc1cc(Br)cc2c1Sc1ccccc1O2. The molecular formula is C12H6BrClOS. The summed E-state index contributed by atoms with van der Waals surface area (Å²) in [6, 6.07) is 11.8. The van der Waals surface area contributed by atoms with Gasteiger partial charge in [-0.3, -0.25) is 0 Å². The van der Waals surface area contributed by atoms with Crippen LogP contribution in [0.3, 0.4) is 0 Å². The third-order valence-electron chi connectivity index (χ3n) is 2.26. The van der Waals surface area contributed by atoms with Crippen LogP contribution in [0.5, 0.6) is 11.5 Å². The van der Waals surface area contributed by atoms with E-state index in [-0.39, 0.29) is 0 Å². The topological polar surface area (TPSA) is 9.23 Å². The summed E-state index contributed by atoms with van der Waals surface area (Å²) in [4.78, 5) is 2.07. The number of benzene rings is 2. The van der Waals surface area contributed by atoms with Crippen molar-refractivity contribution in [3.05, 3.63) is 45.9 Å². The Bertz CT molecular complexity index is 571. The van der Waals surface area contributed by atoms with Gasteiger partial charge < -0.3 is 4.74 Å². The van der Waals surface area contributed by atoms with E-state index in [4.69, 9.17) is 16.3 Å². The molecule has 0 bridgehead atoms. The van der Waals surface area contributed by atoms with E-state index in [1.165, 1.54) is 0 Å². The molecule has 80 valence electrons. The smallest absolute Gasteiger partial charge is 0.144 e. The van der Waals surface area contributed by atoms with Crippen LogP contribution in [0.15, 0.2) is 50.7 Å². The molecule has 0 saturated heterocycles. The number of hydrogen-bond donors (Lipinski definition) is 0. The van der Waals surface area contributed by atoms with Crippen molar-refractivity contribution in [2.75, 3.05) is 0 Å². The lowest BCUT2D eigenvalue weighted by molar-refractivity contribution is 0.454. The van der Waals surface area contributed by atoms with Crippen molar-refractivity contribution in [1.29, 1.82) is 0 Å². The minimum atomic E-state index is 0.712. The van der Waals surface area contributed by atoms with Gasteiger partial charge in [-0.05, 0) is 24.3 Å². The number of hydrogen-bond acceptors (Lipinski definition) is 2. The van der Waals surface area contributed by atoms with Gasteiger partial charge in [0.2, 0.25) is 0 Å². The van der Waals surface area contributed by atoms with E-state index in [0.29, 0.717) is 5.02 Å². The normalized spacial score (nSPS) is 12.6. The zero-order valence-electron chi connectivity index (χ0n) is 8.04. The largest absolute Gasteiger partial charge is 0.455 e. The summed E-state index contributed by atoms with van der Waals surface area (Å²) in [5.74, 6) is 1.69. The predicted molar refractivity (Wildman–Crippen MR) is 69.8 cm³/mol. The first-order valence-corrected chi connectivity index (χ1v) is 6.66. The van der Waals surface area contributed by atoms with E-state index < -0.39 is 0 Å². The van der Waals surface area contributed by atoms with Crippen LogP contribution in [0.2, 0.25) is 5.02 Å². The van der Waals surface area contributed by atoms with Gasteiger partial charge in [-0.1, -0.05) is 51.4 Å². The van der Waals surface area contributed by atoms with E-state index in [9.17, 15) is 0 Å². The summed E-state index contributed by atoms with van der Waals surface area (Å²) in [6.45, 7) is 0. The fraction of sp³-hybridized carbons (Fsp3) is 0. The fourth-order valence-corrected chi connectivity index (χ4v) is 3.39. The molecular weight excluding hydrogens is 308 g/mol. The number of halogens is 2. The summed E-state index contributed by atoms with van der Waals surface area (Å²) in [5.41, 5.74) is 0. The van der Waals surface area contributed by atoms with Gasteiger partial charge >= 0.3 is 0 Å². The van der Waals surface area contributed by atoms with Gasteiger partial charge in [0, 0.05) is 4.47 Å². The zero-order valence-corrected chi connectivity index (χ0v) is 11.2. The van der Waals surface area contributed by atoms with Crippen LogP contribution in [0.25, 0.3) is 0 Å². The maximum absolute atomic E-state index is 6.18. The molecule has 16 heavy (non-hydrogen) atoms. The Morgan fingerprint density at radius 3 is 2.81 bits per heavy atom. The Hall–Kier alpha value is -0.640. The molecule has 3 rings (SSSR count). The van der Waals surface area contributed by atoms with Crippen molar-refractivity contribution >= 4 is 39.3 Å². The maximum atomic E-state index is 6.18. The quantitative estimate of drug-likeness (QED) is 0.552. The Labute approximate surface area is 111 Å². The molecule has 0 aliphatic carbocycles. The first-order chi connectivity index (χ1) is 7.74. The van der Waals surface area contributed by atoms with Gasteiger partial charge in [0.1, 0.15) is 11.5 Å². The molecule has 0 aromatic heterocycles. The lowest BCUT2D eigenvalue weighted by atomic mass is 10.3. The second-order valence-corrected chi connectivity index (χ2v) is 5.74. The second kappa shape index (κ2) is 3.99. The van der Waals surface area contributed by atoms with Crippen LogP contribution >= 0.6 is 39.3 Å². The molecule has 1 aliphatic rings. The molecule has 1 nitrogen and oxygen atoms in total. The zero-order chi connectivity index (χ0) is 11.1. The van der Waals surface area contributed by atoms with Gasteiger partial charge in [-0.15, -0.1) is 0 Å². The van der Waals surface area contributed by atoms with E-state index in [2.05, 4.69) is 15.9 Å². The molecule has 4 heteroatoms. The molecule has 0 fully saturated rings. The number of para-hydroxylation sites is 1. The summed E-state index contributed by atoms with van der Waals surface area (Å²) in [6.07, 6.45) is 0. The highest BCUT2D eigenvalue weighted by Crippen LogP contribution is 2.50. The second-order valence-electron chi connectivity index (χ2n) is 3.37. The highest BCUT2D eigenvalue weighted by Gasteiger charge is 2.20. The Balaban J connectivity index is 2.15. The summed E-state index contributed by atoms with van der Waals surface area (Å²) < 4.78 is 6.73. The standard InChI is InChI=1S/C12H6BrClOS/c13-7-5-8(14)12-10(6-7)15-9-3-1-2-4-11(9)16-12/h1-6H. The first kappa shape index (κ1) is 10.5. The molecule has 0 saturated carbocycles.